The summed E-state index contributed by atoms with van der Waals surface area (Å²) >= 11 is 0. The Morgan fingerprint density at radius 1 is 1.20 bits per heavy atom. The van der Waals surface area contributed by atoms with Gasteiger partial charge in [-0.15, -0.1) is 0 Å². The standard InChI is InChI=1S/C19H23N3O3/c1-21-16-10-6-5-9-15(16)18(24)22(19(21)25)13-17(23)20-12-11-14-7-3-2-4-8-14/h5-7,9-10H,2-4,8,11-13H2,1H3,(H,20,23). The van der Waals surface area contributed by atoms with Crippen LogP contribution < -0.4 is 16.6 Å². The van der Waals surface area contributed by atoms with Gasteiger partial charge >= 0.3 is 5.69 Å². The van der Waals surface area contributed by atoms with E-state index in [2.05, 4.69) is 11.4 Å². The monoisotopic (exact) mass is 341 g/mol. The molecule has 0 atom stereocenters. The van der Waals surface area contributed by atoms with Crippen molar-refractivity contribution >= 4 is 16.8 Å². The van der Waals surface area contributed by atoms with Crippen LogP contribution in [-0.4, -0.2) is 21.6 Å². The molecule has 6 heteroatoms. The Morgan fingerprint density at radius 2 is 2.00 bits per heavy atom. The number of benzene rings is 1. The molecule has 1 aromatic heterocycles. The molecule has 2 aromatic rings. The Morgan fingerprint density at radius 3 is 2.76 bits per heavy atom. The van der Waals surface area contributed by atoms with Crippen molar-refractivity contribution in [2.45, 2.75) is 38.6 Å². The minimum absolute atomic E-state index is 0.255. The number of hydrogen-bond acceptors (Lipinski definition) is 3. The van der Waals surface area contributed by atoms with Crippen LogP contribution >= 0.6 is 0 Å². The third-order valence-electron chi connectivity index (χ3n) is 4.71. The van der Waals surface area contributed by atoms with Crippen molar-refractivity contribution in [3.8, 4) is 0 Å². The van der Waals surface area contributed by atoms with E-state index in [-0.39, 0.29) is 12.5 Å². The van der Waals surface area contributed by atoms with Gasteiger partial charge in [0.25, 0.3) is 5.56 Å². The summed E-state index contributed by atoms with van der Waals surface area (Å²) in [6.07, 6.45) is 7.74. The number of rotatable bonds is 5. The van der Waals surface area contributed by atoms with Gasteiger partial charge < -0.3 is 5.32 Å². The van der Waals surface area contributed by atoms with Crippen molar-refractivity contribution in [3.63, 3.8) is 0 Å². The van der Waals surface area contributed by atoms with Crippen LogP contribution in [0.2, 0.25) is 0 Å². The van der Waals surface area contributed by atoms with Gasteiger partial charge in [0.2, 0.25) is 5.91 Å². The molecule has 0 aliphatic heterocycles. The number of nitrogens with one attached hydrogen (secondary N) is 1. The van der Waals surface area contributed by atoms with E-state index in [0.717, 1.165) is 23.8 Å². The Labute approximate surface area is 145 Å². The van der Waals surface area contributed by atoms with Crippen LogP contribution in [0.5, 0.6) is 0 Å². The highest BCUT2D eigenvalue weighted by Crippen LogP contribution is 2.19. The highest BCUT2D eigenvalue weighted by atomic mass is 16.2. The Balaban J connectivity index is 1.72. The van der Waals surface area contributed by atoms with E-state index in [9.17, 15) is 14.4 Å². The molecule has 132 valence electrons. The van der Waals surface area contributed by atoms with E-state index < -0.39 is 11.2 Å². The van der Waals surface area contributed by atoms with Crippen molar-refractivity contribution < 1.29 is 4.79 Å². The Hall–Kier alpha value is -2.63. The predicted molar refractivity (Wildman–Crippen MR) is 97.6 cm³/mol. The molecule has 0 unspecified atom stereocenters. The molecule has 1 aliphatic rings. The smallest absolute Gasteiger partial charge is 0.331 e. The van der Waals surface area contributed by atoms with Crippen LogP contribution in [0.1, 0.15) is 32.1 Å². The number of para-hydroxylation sites is 1. The molecule has 3 rings (SSSR count). The highest BCUT2D eigenvalue weighted by molar-refractivity contribution is 5.79. The lowest BCUT2D eigenvalue weighted by Gasteiger charge is -2.13. The third kappa shape index (κ3) is 3.73. The number of carbonyl (C=O) groups is 1. The lowest BCUT2D eigenvalue weighted by atomic mass is 9.97. The summed E-state index contributed by atoms with van der Waals surface area (Å²) in [5.74, 6) is -0.314. The van der Waals surface area contributed by atoms with Crippen LogP contribution in [-0.2, 0) is 18.4 Å². The zero-order valence-corrected chi connectivity index (χ0v) is 14.5. The van der Waals surface area contributed by atoms with E-state index in [1.807, 2.05) is 0 Å². The number of aryl methyl sites for hydroxylation is 1. The molecule has 1 aromatic carbocycles. The van der Waals surface area contributed by atoms with Crippen molar-refractivity contribution in [1.82, 2.24) is 14.5 Å². The van der Waals surface area contributed by atoms with E-state index in [4.69, 9.17) is 0 Å². The molecule has 0 radical (unpaired) electrons. The number of amides is 1. The molecule has 0 spiro atoms. The quantitative estimate of drug-likeness (QED) is 0.842. The largest absolute Gasteiger partial charge is 0.354 e. The fraction of sp³-hybridized carbons (Fsp3) is 0.421. The van der Waals surface area contributed by atoms with Gasteiger partial charge in [-0.1, -0.05) is 23.8 Å². The van der Waals surface area contributed by atoms with Gasteiger partial charge in [0.05, 0.1) is 10.9 Å². The zero-order chi connectivity index (χ0) is 17.8. The van der Waals surface area contributed by atoms with E-state index in [0.29, 0.717) is 17.4 Å². The predicted octanol–water partition coefficient (Wildman–Crippen LogP) is 1.71. The number of nitrogens with zero attached hydrogens (tertiary/aromatic N) is 2. The van der Waals surface area contributed by atoms with Crippen LogP contribution in [0.3, 0.4) is 0 Å². The van der Waals surface area contributed by atoms with Crippen LogP contribution in [0.4, 0.5) is 0 Å². The normalized spacial score (nSPS) is 14.4. The molecule has 0 saturated carbocycles. The van der Waals surface area contributed by atoms with Gasteiger partial charge in [0.15, 0.2) is 0 Å². The lowest BCUT2D eigenvalue weighted by Crippen LogP contribution is -2.43. The first-order valence-corrected chi connectivity index (χ1v) is 8.71. The molecule has 1 aliphatic carbocycles. The average molecular weight is 341 g/mol. The number of carbonyl (C=O) groups excluding carboxylic acids is 1. The van der Waals surface area contributed by atoms with Gasteiger partial charge in [-0.25, -0.2) is 4.79 Å². The summed E-state index contributed by atoms with van der Waals surface area (Å²) in [6, 6.07) is 6.91. The van der Waals surface area contributed by atoms with Crippen molar-refractivity contribution in [2.24, 2.45) is 7.05 Å². The minimum atomic E-state index is -0.478. The van der Waals surface area contributed by atoms with Crippen molar-refractivity contribution in [1.29, 1.82) is 0 Å². The van der Waals surface area contributed by atoms with Crippen LogP contribution in [0, 0.1) is 0 Å². The summed E-state index contributed by atoms with van der Waals surface area (Å²) in [4.78, 5) is 37.1. The molecule has 0 fully saturated rings. The molecule has 1 N–H and O–H groups in total. The molecular formula is C19H23N3O3. The van der Waals surface area contributed by atoms with Gasteiger partial charge in [0.1, 0.15) is 6.54 Å². The van der Waals surface area contributed by atoms with E-state index in [1.165, 1.54) is 23.0 Å². The molecule has 0 bridgehead atoms. The second-order valence-corrected chi connectivity index (χ2v) is 6.46. The van der Waals surface area contributed by atoms with Crippen LogP contribution in [0.25, 0.3) is 10.9 Å². The first-order chi connectivity index (χ1) is 12.1. The topological polar surface area (TPSA) is 73.1 Å². The minimum Gasteiger partial charge on any atom is -0.354 e. The van der Waals surface area contributed by atoms with Crippen LogP contribution in [0.15, 0.2) is 45.5 Å². The van der Waals surface area contributed by atoms with E-state index >= 15 is 0 Å². The first kappa shape index (κ1) is 17.2. The zero-order valence-electron chi connectivity index (χ0n) is 14.5. The van der Waals surface area contributed by atoms with Gasteiger partial charge in [-0.3, -0.25) is 18.7 Å². The molecule has 1 heterocycles. The fourth-order valence-corrected chi connectivity index (χ4v) is 3.30. The number of fused-ring (bicyclic) bond motifs is 1. The number of hydrogen-bond donors (Lipinski definition) is 1. The van der Waals surface area contributed by atoms with Gasteiger partial charge in [-0.2, -0.15) is 0 Å². The third-order valence-corrected chi connectivity index (χ3v) is 4.71. The number of allylic oxidation sites excluding steroid dienone is 1. The summed E-state index contributed by atoms with van der Waals surface area (Å²) in [6.45, 7) is 0.280. The molecular weight excluding hydrogens is 318 g/mol. The lowest BCUT2D eigenvalue weighted by molar-refractivity contribution is -0.121. The maximum absolute atomic E-state index is 12.5. The molecule has 25 heavy (non-hydrogen) atoms. The average Bonchev–Trinajstić information content (AvgIpc) is 2.64. The van der Waals surface area contributed by atoms with Crippen molar-refractivity contribution in [2.75, 3.05) is 6.54 Å². The maximum Gasteiger partial charge on any atom is 0.331 e. The number of aromatic nitrogens is 2. The van der Waals surface area contributed by atoms with Gasteiger partial charge in [-0.05, 0) is 44.2 Å². The summed E-state index contributed by atoms with van der Waals surface area (Å²) in [5.41, 5.74) is 1.04. The summed E-state index contributed by atoms with van der Waals surface area (Å²) < 4.78 is 2.40. The second kappa shape index (κ2) is 7.51. The van der Waals surface area contributed by atoms with Crippen molar-refractivity contribution in [3.05, 3.63) is 56.8 Å². The highest BCUT2D eigenvalue weighted by Gasteiger charge is 2.13. The Bertz CT molecular complexity index is 937. The summed E-state index contributed by atoms with van der Waals surface area (Å²) in [5, 5.41) is 3.25. The molecule has 1 amide bonds. The van der Waals surface area contributed by atoms with E-state index in [1.54, 1.807) is 31.3 Å². The molecule has 6 nitrogen and oxygen atoms in total. The fourth-order valence-electron chi connectivity index (χ4n) is 3.30. The SMILES string of the molecule is Cn1c(=O)n(CC(=O)NCCC2=CCCCC2)c(=O)c2ccccc21. The second-order valence-electron chi connectivity index (χ2n) is 6.46. The maximum atomic E-state index is 12.5. The molecule has 0 saturated heterocycles. The van der Waals surface area contributed by atoms with Gasteiger partial charge in [0, 0.05) is 13.6 Å². The Kier molecular flexibility index (Phi) is 5.16. The summed E-state index contributed by atoms with van der Waals surface area (Å²) in [7, 11) is 1.61. The first-order valence-electron chi connectivity index (χ1n) is 8.71.